The quantitative estimate of drug-likeness (QED) is 0.341. The van der Waals surface area contributed by atoms with Crippen molar-refractivity contribution < 1.29 is 9.47 Å². The molecule has 4 nitrogen and oxygen atoms in total. The lowest BCUT2D eigenvalue weighted by atomic mass is 9.70. The first-order valence-corrected chi connectivity index (χ1v) is 11.3. The molecule has 0 amide bonds. The van der Waals surface area contributed by atoms with Gasteiger partial charge in [0.1, 0.15) is 11.5 Å². The Morgan fingerprint density at radius 3 is 2.12 bits per heavy atom. The molecule has 32 heavy (non-hydrogen) atoms. The summed E-state index contributed by atoms with van der Waals surface area (Å²) in [7, 11) is 5.43. The van der Waals surface area contributed by atoms with Crippen molar-refractivity contribution in [2.24, 2.45) is 5.92 Å². The molecular formula is C25H33Cl3N2O2. The SMILES string of the molecule is COc1cc(CCN(C)CCCC(C#N)(c2ccc(Cl)c(Cl)c2)C(C)C)cc(OC)c1.Cl. The maximum Gasteiger partial charge on any atom is 0.122 e. The number of hydrogen-bond acceptors (Lipinski definition) is 4. The fourth-order valence-electron chi connectivity index (χ4n) is 3.86. The van der Waals surface area contributed by atoms with Crippen molar-refractivity contribution in [2.75, 3.05) is 34.4 Å². The molecule has 0 aliphatic carbocycles. The highest BCUT2D eigenvalue weighted by Gasteiger charge is 2.36. The summed E-state index contributed by atoms with van der Waals surface area (Å²) in [5, 5.41) is 11.1. The Morgan fingerprint density at radius 1 is 1.00 bits per heavy atom. The third-order valence-electron chi connectivity index (χ3n) is 5.92. The van der Waals surface area contributed by atoms with E-state index in [1.165, 1.54) is 5.56 Å². The van der Waals surface area contributed by atoms with Crippen molar-refractivity contribution in [1.29, 1.82) is 5.26 Å². The Morgan fingerprint density at radius 2 is 1.62 bits per heavy atom. The highest BCUT2D eigenvalue weighted by atomic mass is 35.5. The number of methoxy groups -OCH3 is 2. The third kappa shape index (κ3) is 7.18. The van der Waals surface area contributed by atoms with Crippen molar-refractivity contribution in [3.8, 4) is 17.6 Å². The second kappa shape index (κ2) is 13.2. The molecule has 2 aromatic rings. The molecule has 0 saturated heterocycles. The molecule has 0 aliphatic rings. The number of likely N-dealkylation sites (N-methyl/N-ethyl adjacent to an activating group) is 1. The Bertz CT molecular complexity index is 892. The maximum absolute atomic E-state index is 10.1. The summed E-state index contributed by atoms with van der Waals surface area (Å²) in [6.07, 6.45) is 2.56. The second-order valence-electron chi connectivity index (χ2n) is 8.24. The fraction of sp³-hybridized carbons (Fsp3) is 0.480. The van der Waals surface area contributed by atoms with Crippen LogP contribution >= 0.6 is 35.6 Å². The summed E-state index contributed by atoms with van der Waals surface area (Å²) in [6, 6.07) is 14.1. The van der Waals surface area contributed by atoms with Crippen LogP contribution in [0.15, 0.2) is 36.4 Å². The number of halogens is 3. The summed E-state index contributed by atoms with van der Waals surface area (Å²) >= 11 is 12.3. The van der Waals surface area contributed by atoms with E-state index < -0.39 is 5.41 Å². The molecule has 0 aliphatic heterocycles. The van der Waals surface area contributed by atoms with Crippen molar-refractivity contribution in [2.45, 2.75) is 38.5 Å². The van der Waals surface area contributed by atoms with E-state index in [4.69, 9.17) is 32.7 Å². The van der Waals surface area contributed by atoms with Crippen molar-refractivity contribution in [3.63, 3.8) is 0 Å². The zero-order valence-corrected chi connectivity index (χ0v) is 21.8. The first kappa shape index (κ1) is 28.4. The molecule has 2 rings (SSSR count). The van der Waals surface area contributed by atoms with Gasteiger partial charge < -0.3 is 14.4 Å². The van der Waals surface area contributed by atoms with E-state index in [0.29, 0.717) is 10.0 Å². The highest BCUT2D eigenvalue weighted by molar-refractivity contribution is 6.42. The van der Waals surface area contributed by atoms with Crippen LogP contribution < -0.4 is 9.47 Å². The molecule has 0 N–H and O–H groups in total. The van der Waals surface area contributed by atoms with Crippen LogP contribution in [-0.4, -0.2) is 39.3 Å². The van der Waals surface area contributed by atoms with Gasteiger partial charge in [-0.05, 0) is 74.2 Å². The van der Waals surface area contributed by atoms with Gasteiger partial charge in [-0.1, -0.05) is 43.1 Å². The largest absolute Gasteiger partial charge is 0.497 e. The van der Waals surface area contributed by atoms with Gasteiger partial charge >= 0.3 is 0 Å². The van der Waals surface area contributed by atoms with Gasteiger partial charge in [-0.15, -0.1) is 12.4 Å². The Kier molecular flexibility index (Phi) is 11.7. The molecule has 0 aromatic heterocycles. The van der Waals surface area contributed by atoms with Crippen LogP contribution in [0.1, 0.15) is 37.8 Å². The molecule has 1 unspecified atom stereocenters. The Balaban J connectivity index is 0.00000512. The Hall–Kier alpha value is -1.64. The summed E-state index contributed by atoms with van der Waals surface area (Å²) in [5.41, 5.74) is 1.52. The van der Waals surface area contributed by atoms with Gasteiger partial charge in [0.2, 0.25) is 0 Å². The van der Waals surface area contributed by atoms with Gasteiger partial charge in [0.05, 0.1) is 35.7 Å². The van der Waals surface area contributed by atoms with E-state index in [0.717, 1.165) is 49.4 Å². The van der Waals surface area contributed by atoms with Gasteiger partial charge in [-0.3, -0.25) is 0 Å². The first-order valence-electron chi connectivity index (χ1n) is 10.5. The normalized spacial score (nSPS) is 12.8. The van der Waals surface area contributed by atoms with E-state index in [2.05, 4.69) is 31.9 Å². The van der Waals surface area contributed by atoms with E-state index in [-0.39, 0.29) is 18.3 Å². The summed E-state index contributed by atoms with van der Waals surface area (Å²) in [5.74, 6) is 1.76. The smallest absolute Gasteiger partial charge is 0.122 e. The molecule has 2 aromatic carbocycles. The standard InChI is InChI=1S/C25H32Cl2N2O2.ClH/c1-18(2)25(17-28,20-7-8-23(26)24(27)15-20)10-6-11-29(3)12-9-19-13-21(30-4)16-22(14-19)31-5;/h7-8,13-16,18H,6,9-12H2,1-5H3;1H. The van der Waals surface area contributed by atoms with Gasteiger partial charge in [0.25, 0.3) is 0 Å². The Labute approximate surface area is 208 Å². The summed E-state index contributed by atoms with van der Waals surface area (Å²) < 4.78 is 10.7. The minimum absolute atomic E-state index is 0. The van der Waals surface area contributed by atoms with Crippen molar-refractivity contribution in [3.05, 3.63) is 57.6 Å². The number of nitriles is 1. The molecule has 0 heterocycles. The molecule has 0 fully saturated rings. The van der Waals surface area contributed by atoms with Crippen LogP contribution in [0.5, 0.6) is 11.5 Å². The molecular weight excluding hydrogens is 467 g/mol. The van der Waals surface area contributed by atoms with Crippen LogP contribution in [0.4, 0.5) is 0 Å². The highest BCUT2D eigenvalue weighted by Crippen LogP contribution is 2.39. The zero-order valence-electron chi connectivity index (χ0n) is 19.5. The minimum Gasteiger partial charge on any atom is -0.497 e. The van der Waals surface area contributed by atoms with Crippen LogP contribution in [-0.2, 0) is 11.8 Å². The number of hydrogen-bond donors (Lipinski definition) is 0. The number of ether oxygens (including phenoxy) is 2. The average Bonchev–Trinajstić information content (AvgIpc) is 2.76. The van der Waals surface area contributed by atoms with E-state index in [9.17, 15) is 5.26 Å². The fourth-order valence-corrected chi connectivity index (χ4v) is 4.16. The molecule has 1 atom stereocenters. The van der Waals surface area contributed by atoms with Crippen molar-refractivity contribution in [1.82, 2.24) is 4.90 Å². The maximum atomic E-state index is 10.1. The monoisotopic (exact) mass is 498 g/mol. The van der Waals surface area contributed by atoms with Crippen molar-refractivity contribution >= 4 is 35.6 Å². The lowest BCUT2D eigenvalue weighted by Crippen LogP contribution is -2.32. The van der Waals surface area contributed by atoms with E-state index in [1.807, 2.05) is 30.3 Å². The lowest BCUT2D eigenvalue weighted by Gasteiger charge is -2.32. The van der Waals surface area contributed by atoms with Crippen LogP contribution in [0.25, 0.3) is 0 Å². The number of rotatable bonds is 11. The van der Waals surface area contributed by atoms with E-state index >= 15 is 0 Å². The van der Waals surface area contributed by atoms with Crippen LogP contribution in [0.2, 0.25) is 10.0 Å². The molecule has 0 spiro atoms. The lowest BCUT2D eigenvalue weighted by molar-refractivity contribution is 0.293. The average molecular weight is 500 g/mol. The van der Waals surface area contributed by atoms with Gasteiger partial charge in [0, 0.05) is 12.6 Å². The molecule has 0 saturated carbocycles. The second-order valence-corrected chi connectivity index (χ2v) is 9.06. The van der Waals surface area contributed by atoms with Gasteiger partial charge in [0.15, 0.2) is 0 Å². The zero-order chi connectivity index (χ0) is 23.0. The topological polar surface area (TPSA) is 45.5 Å². The molecule has 0 radical (unpaired) electrons. The summed E-state index contributed by atoms with van der Waals surface area (Å²) in [4.78, 5) is 2.29. The predicted octanol–water partition coefficient (Wildman–Crippen LogP) is 6.80. The van der Waals surface area contributed by atoms with Gasteiger partial charge in [-0.25, -0.2) is 0 Å². The molecule has 176 valence electrons. The predicted molar refractivity (Wildman–Crippen MR) is 136 cm³/mol. The molecule has 0 bridgehead atoms. The third-order valence-corrected chi connectivity index (χ3v) is 6.66. The van der Waals surface area contributed by atoms with Gasteiger partial charge in [-0.2, -0.15) is 5.26 Å². The summed E-state index contributed by atoms with van der Waals surface area (Å²) in [6.45, 7) is 5.99. The van der Waals surface area contributed by atoms with E-state index in [1.54, 1.807) is 20.3 Å². The van der Waals surface area contributed by atoms with Crippen LogP contribution in [0.3, 0.4) is 0 Å². The first-order chi connectivity index (χ1) is 14.7. The molecule has 7 heteroatoms. The number of nitrogens with zero attached hydrogens (tertiary/aromatic N) is 2. The number of benzene rings is 2. The van der Waals surface area contributed by atoms with Crippen LogP contribution in [0, 0.1) is 17.2 Å². The minimum atomic E-state index is -0.588.